The Balaban J connectivity index is 1.90. The first-order valence-corrected chi connectivity index (χ1v) is 8.31. The third-order valence-corrected chi connectivity index (χ3v) is 3.84. The maximum Gasteiger partial charge on any atom is 0.159 e. The number of anilines is 1. The SMILES string of the molecule is CN(C)CCNc1nc(C=Cc2ccc(F)c(F)c2)nc2ccccc12. The molecule has 134 valence electrons. The van der Waals surface area contributed by atoms with Crippen molar-refractivity contribution in [1.82, 2.24) is 14.9 Å². The molecule has 0 fully saturated rings. The van der Waals surface area contributed by atoms with Crippen molar-refractivity contribution in [3.8, 4) is 0 Å². The van der Waals surface area contributed by atoms with Crippen molar-refractivity contribution in [3.63, 3.8) is 0 Å². The van der Waals surface area contributed by atoms with E-state index in [-0.39, 0.29) is 0 Å². The Hall–Kier alpha value is -2.86. The Kier molecular flexibility index (Phi) is 5.53. The molecule has 0 aliphatic carbocycles. The van der Waals surface area contributed by atoms with Gasteiger partial charge in [0.05, 0.1) is 5.52 Å². The van der Waals surface area contributed by atoms with Crippen LogP contribution in [0.2, 0.25) is 0 Å². The van der Waals surface area contributed by atoms with Crippen LogP contribution in [-0.2, 0) is 0 Å². The monoisotopic (exact) mass is 354 g/mol. The molecule has 0 amide bonds. The quantitative estimate of drug-likeness (QED) is 0.725. The minimum absolute atomic E-state index is 0.501. The van der Waals surface area contributed by atoms with Crippen LogP contribution in [0.25, 0.3) is 23.1 Å². The molecule has 0 spiro atoms. The molecule has 0 unspecified atom stereocenters. The van der Waals surface area contributed by atoms with Crippen molar-refractivity contribution in [2.45, 2.75) is 0 Å². The molecule has 0 saturated heterocycles. The molecule has 0 radical (unpaired) electrons. The average Bonchev–Trinajstić information content (AvgIpc) is 2.62. The molecular weight excluding hydrogens is 334 g/mol. The smallest absolute Gasteiger partial charge is 0.159 e. The first kappa shape index (κ1) is 17.9. The van der Waals surface area contributed by atoms with E-state index < -0.39 is 11.6 Å². The lowest BCUT2D eigenvalue weighted by molar-refractivity contribution is 0.425. The van der Waals surface area contributed by atoms with Gasteiger partial charge in [-0.05, 0) is 50.0 Å². The predicted molar refractivity (Wildman–Crippen MR) is 102 cm³/mol. The highest BCUT2D eigenvalue weighted by Gasteiger charge is 2.06. The van der Waals surface area contributed by atoms with Gasteiger partial charge in [-0.3, -0.25) is 0 Å². The molecule has 6 heteroatoms. The van der Waals surface area contributed by atoms with Crippen molar-refractivity contribution >= 4 is 28.9 Å². The molecule has 0 saturated carbocycles. The molecule has 0 aliphatic heterocycles. The summed E-state index contributed by atoms with van der Waals surface area (Å²) in [5.41, 5.74) is 1.36. The van der Waals surface area contributed by atoms with Crippen molar-refractivity contribution in [3.05, 3.63) is 65.5 Å². The van der Waals surface area contributed by atoms with E-state index in [2.05, 4.69) is 20.2 Å². The summed E-state index contributed by atoms with van der Waals surface area (Å²) in [5, 5.41) is 4.28. The summed E-state index contributed by atoms with van der Waals surface area (Å²) >= 11 is 0. The van der Waals surface area contributed by atoms with Crippen LogP contribution in [0, 0.1) is 11.6 Å². The molecule has 4 nitrogen and oxygen atoms in total. The number of fused-ring (bicyclic) bond motifs is 1. The normalized spacial score (nSPS) is 11.6. The summed E-state index contributed by atoms with van der Waals surface area (Å²) in [6.45, 7) is 1.62. The second-order valence-electron chi connectivity index (χ2n) is 6.18. The van der Waals surface area contributed by atoms with Gasteiger partial charge in [0.1, 0.15) is 5.82 Å². The lowest BCUT2D eigenvalue weighted by Crippen LogP contribution is -2.21. The first-order chi connectivity index (χ1) is 12.5. The van der Waals surface area contributed by atoms with Crippen LogP contribution in [0.1, 0.15) is 11.4 Å². The number of rotatable bonds is 6. The molecule has 1 N–H and O–H groups in total. The molecule has 1 aromatic heterocycles. The third-order valence-electron chi connectivity index (χ3n) is 3.84. The van der Waals surface area contributed by atoms with Crippen LogP contribution in [0.15, 0.2) is 42.5 Å². The molecule has 3 rings (SSSR count). The van der Waals surface area contributed by atoms with Gasteiger partial charge in [-0.2, -0.15) is 0 Å². The van der Waals surface area contributed by atoms with Gasteiger partial charge in [-0.1, -0.05) is 24.3 Å². The maximum absolute atomic E-state index is 13.3. The van der Waals surface area contributed by atoms with Gasteiger partial charge in [0.15, 0.2) is 17.5 Å². The molecule has 0 atom stereocenters. The minimum atomic E-state index is -0.877. The number of halogens is 2. The highest BCUT2D eigenvalue weighted by molar-refractivity contribution is 5.90. The molecule has 26 heavy (non-hydrogen) atoms. The molecule has 1 heterocycles. The summed E-state index contributed by atoms with van der Waals surface area (Å²) in [4.78, 5) is 11.2. The van der Waals surface area contributed by atoms with Gasteiger partial charge in [-0.25, -0.2) is 18.7 Å². The highest BCUT2D eigenvalue weighted by atomic mass is 19.2. The van der Waals surface area contributed by atoms with Crippen LogP contribution in [0.5, 0.6) is 0 Å². The van der Waals surface area contributed by atoms with Gasteiger partial charge in [0.25, 0.3) is 0 Å². The highest BCUT2D eigenvalue weighted by Crippen LogP contribution is 2.21. The topological polar surface area (TPSA) is 41.0 Å². The summed E-state index contributed by atoms with van der Waals surface area (Å²) in [7, 11) is 4.02. The molecule has 3 aromatic rings. The average molecular weight is 354 g/mol. The van der Waals surface area contributed by atoms with E-state index in [0.29, 0.717) is 11.4 Å². The number of nitrogens with zero attached hydrogens (tertiary/aromatic N) is 3. The fourth-order valence-corrected chi connectivity index (χ4v) is 2.49. The summed E-state index contributed by atoms with van der Waals surface area (Å²) in [6, 6.07) is 11.5. The first-order valence-electron chi connectivity index (χ1n) is 8.31. The number of hydrogen-bond acceptors (Lipinski definition) is 4. The van der Waals surface area contributed by atoms with Crippen LogP contribution in [-0.4, -0.2) is 42.1 Å². The number of benzene rings is 2. The van der Waals surface area contributed by atoms with E-state index in [1.54, 1.807) is 12.2 Å². The lowest BCUT2D eigenvalue weighted by atomic mass is 10.2. The zero-order valence-corrected chi connectivity index (χ0v) is 14.7. The van der Waals surface area contributed by atoms with E-state index in [1.165, 1.54) is 6.07 Å². The van der Waals surface area contributed by atoms with Gasteiger partial charge >= 0.3 is 0 Å². The second kappa shape index (κ2) is 8.01. The van der Waals surface area contributed by atoms with Crippen molar-refractivity contribution < 1.29 is 8.78 Å². The Morgan fingerprint density at radius 3 is 2.58 bits per heavy atom. The Morgan fingerprint density at radius 2 is 1.81 bits per heavy atom. The van der Waals surface area contributed by atoms with Crippen LogP contribution in [0.4, 0.5) is 14.6 Å². The third kappa shape index (κ3) is 4.40. The standard InChI is InChI=1S/C20H20F2N4/c1-26(2)12-11-23-20-15-5-3-4-6-18(15)24-19(25-20)10-8-14-7-9-16(21)17(22)13-14/h3-10,13H,11-12H2,1-2H3,(H,23,24,25). The zero-order valence-electron chi connectivity index (χ0n) is 14.7. The van der Waals surface area contributed by atoms with E-state index >= 15 is 0 Å². The Labute approximate surface area is 151 Å². The van der Waals surface area contributed by atoms with Crippen molar-refractivity contribution in [2.24, 2.45) is 0 Å². The molecule has 0 bridgehead atoms. The summed E-state index contributed by atoms with van der Waals surface area (Å²) < 4.78 is 26.4. The Bertz CT molecular complexity index is 938. The van der Waals surface area contributed by atoms with Gasteiger partial charge in [0.2, 0.25) is 0 Å². The van der Waals surface area contributed by atoms with Crippen LogP contribution in [0.3, 0.4) is 0 Å². The fourth-order valence-electron chi connectivity index (χ4n) is 2.49. The largest absolute Gasteiger partial charge is 0.368 e. The van der Waals surface area contributed by atoms with Crippen molar-refractivity contribution in [2.75, 3.05) is 32.5 Å². The second-order valence-corrected chi connectivity index (χ2v) is 6.18. The molecular formula is C20H20F2N4. The predicted octanol–water partition coefficient (Wildman–Crippen LogP) is 4.05. The number of likely N-dealkylation sites (N-methyl/N-ethyl adjacent to an activating group) is 1. The summed E-state index contributed by atoms with van der Waals surface area (Å²) in [6.07, 6.45) is 3.35. The van der Waals surface area contributed by atoms with E-state index in [1.807, 2.05) is 38.4 Å². The zero-order chi connectivity index (χ0) is 18.5. The van der Waals surface area contributed by atoms with E-state index in [4.69, 9.17) is 0 Å². The molecule has 2 aromatic carbocycles. The Morgan fingerprint density at radius 1 is 1.00 bits per heavy atom. The van der Waals surface area contributed by atoms with Gasteiger partial charge in [-0.15, -0.1) is 0 Å². The van der Waals surface area contributed by atoms with Gasteiger partial charge < -0.3 is 10.2 Å². The minimum Gasteiger partial charge on any atom is -0.368 e. The number of aromatic nitrogens is 2. The van der Waals surface area contributed by atoms with E-state index in [0.717, 1.165) is 41.9 Å². The number of para-hydroxylation sites is 1. The summed E-state index contributed by atoms with van der Waals surface area (Å²) in [5.74, 6) is -0.489. The maximum atomic E-state index is 13.3. The fraction of sp³-hybridized carbons (Fsp3) is 0.200. The van der Waals surface area contributed by atoms with E-state index in [9.17, 15) is 8.78 Å². The lowest BCUT2D eigenvalue weighted by Gasteiger charge is -2.12. The number of hydrogen-bond donors (Lipinski definition) is 1. The number of nitrogens with one attached hydrogen (secondary N) is 1. The van der Waals surface area contributed by atoms with Crippen LogP contribution >= 0.6 is 0 Å². The molecule has 0 aliphatic rings. The van der Waals surface area contributed by atoms with Crippen LogP contribution < -0.4 is 5.32 Å². The van der Waals surface area contributed by atoms with Gasteiger partial charge in [0, 0.05) is 18.5 Å². The van der Waals surface area contributed by atoms with Crippen molar-refractivity contribution in [1.29, 1.82) is 0 Å².